The molecule has 0 radical (unpaired) electrons. The lowest BCUT2D eigenvalue weighted by atomic mass is 9.87. The number of nitrogen functional groups attached to an aromatic ring is 1. The molecule has 25 nitrogen and oxygen atoms in total. The van der Waals surface area contributed by atoms with Crippen LogP contribution in [0.4, 0.5) is 5.82 Å². The van der Waals surface area contributed by atoms with E-state index in [1.165, 1.54) is 52.4 Å². The molecule has 3 heterocycles. The molecule has 1 aliphatic rings. The van der Waals surface area contributed by atoms with Crippen molar-refractivity contribution in [3.8, 4) is 0 Å². The molecule has 0 spiro atoms. The molecule has 388 valence electrons. The van der Waals surface area contributed by atoms with E-state index in [-0.39, 0.29) is 53.8 Å². The third-order valence-electron chi connectivity index (χ3n) is 10.5. The van der Waals surface area contributed by atoms with Crippen LogP contribution in [-0.2, 0) is 50.7 Å². The summed E-state index contributed by atoms with van der Waals surface area (Å²) >= 11 is 0.991. The fourth-order valence-electron chi connectivity index (χ4n) is 6.75. The average molecular weight is 1050 g/mol. The number of hydrogen-bond donors (Lipinski definition) is 10. The van der Waals surface area contributed by atoms with E-state index in [2.05, 4.69) is 53.5 Å². The summed E-state index contributed by atoms with van der Waals surface area (Å²) in [7, 11) is -16.4. The van der Waals surface area contributed by atoms with Gasteiger partial charge in [0.25, 0.3) is 0 Å². The van der Waals surface area contributed by atoms with E-state index in [1.54, 1.807) is 0 Å². The zero-order valence-electron chi connectivity index (χ0n) is 38.4. The first-order valence-corrected chi connectivity index (χ1v) is 27.8. The molecular formula is C39H68N7O18P3S. The molecule has 2 unspecified atom stereocenters. The number of anilines is 1. The fourth-order valence-corrected chi connectivity index (χ4v) is 10.3. The predicted octanol–water partition coefficient (Wildman–Crippen LogP) is 3.67. The first-order valence-electron chi connectivity index (χ1n) is 22.3. The molecule has 11 N–H and O–H groups in total. The maximum atomic E-state index is 12.7. The molecule has 1 fully saturated rings. The van der Waals surface area contributed by atoms with Crippen LogP contribution in [0.5, 0.6) is 0 Å². The van der Waals surface area contributed by atoms with Gasteiger partial charge in [-0.15, -0.1) is 0 Å². The van der Waals surface area contributed by atoms with Crippen LogP contribution in [0.25, 0.3) is 11.2 Å². The van der Waals surface area contributed by atoms with Crippen LogP contribution in [0.3, 0.4) is 0 Å². The Labute approximate surface area is 399 Å². The van der Waals surface area contributed by atoms with Gasteiger partial charge in [-0.05, 0) is 32.1 Å². The van der Waals surface area contributed by atoms with Crippen LogP contribution in [0.15, 0.2) is 24.8 Å². The maximum absolute atomic E-state index is 12.7. The SMILES string of the molecule is CCCCCCCC/C=C\CCCCC[C@H](O)CC(=O)SCCNC(=O)CCNC(=O)[C@H](O)C(C)(C)COP(=O)(O)OP(=O)(O)OC[C@H]1O[C@@H](n2cnc3c(N)ncnc32)[C@H](O)[C@@H]1OP(=O)(O)O. The Morgan fingerprint density at radius 1 is 0.926 bits per heavy atom. The van der Waals surface area contributed by atoms with Gasteiger partial charge in [-0.1, -0.05) is 89.6 Å². The van der Waals surface area contributed by atoms with Crippen molar-refractivity contribution in [2.75, 3.05) is 37.8 Å². The summed E-state index contributed by atoms with van der Waals surface area (Å²) in [4.78, 5) is 88.4. The van der Waals surface area contributed by atoms with Gasteiger partial charge in [0.2, 0.25) is 11.8 Å². The minimum Gasteiger partial charge on any atom is -0.393 e. The van der Waals surface area contributed by atoms with E-state index in [0.29, 0.717) is 6.42 Å². The number of phosphoric acid groups is 3. The smallest absolute Gasteiger partial charge is 0.393 e. The quantitative estimate of drug-likeness (QED) is 0.0271. The number of imidazole rings is 1. The van der Waals surface area contributed by atoms with E-state index < -0.39 is 90.7 Å². The van der Waals surface area contributed by atoms with Crippen molar-refractivity contribution in [3.63, 3.8) is 0 Å². The topological polar surface area (TPSA) is 384 Å². The van der Waals surface area contributed by atoms with E-state index in [4.69, 9.17) is 19.5 Å². The van der Waals surface area contributed by atoms with Crippen molar-refractivity contribution >= 4 is 69.1 Å². The Kier molecular flexibility index (Phi) is 25.4. The van der Waals surface area contributed by atoms with Gasteiger partial charge in [0.15, 0.2) is 22.8 Å². The van der Waals surface area contributed by atoms with E-state index in [9.17, 15) is 63.0 Å². The summed E-state index contributed by atoms with van der Waals surface area (Å²) in [5, 5.41) is 36.6. The summed E-state index contributed by atoms with van der Waals surface area (Å²) in [5.74, 6) is -1.23. The number of phosphoric ester groups is 3. The molecule has 2 amide bonds. The number of amides is 2. The molecule has 2 aromatic heterocycles. The van der Waals surface area contributed by atoms with Gasteiger partial charge in [0.1, 0.15) is 36.3 Å². The zero-order valence-corrected chi connectivity index (χ0v) is 41.9. The molecule has 0 bridgehead atoms. The number of ether oxygens (including phenoxy) is 1. The summed E-state index contributed by atoms with van der Waals surface area (Å²) in [6.45, 7) is 2.60. The van der Waals surface area contributed by atoms with Gasteiger partial charge in [-0.25, -0.2) is 28.6 Å². The minimum absolute atomic E-state index is 0.0126. The lowest BCUT2D eigenvalue weighted by Gasteiger charge is -2.30. The number of carbonyl (C=O) groups excluding carboxylic acids is 3. The van der Waals surface area contributed by atoms with Gasteiger partial charge in [-0.3, -0.25) is 32.5 Å². The van der Waals surface area contributed by atoms with E-state index in [0.717, 1.165) is 61.1 Å². The number of aromatic nitrogens is 4. The number of rotatable bonds is 34. The lowest BCUT2D eigenvalue weighted by molar-refractivity contribution is -0.137. The van der Waals surface area contributed by atoms with Crippen LogP contribution < -0.4 is 16.4 Å². The normalized spacial score (nSPS) is 20.6. The highest BCUT2D eigenvalue weighted by Gasteiger charge is 2.50. The molecule has 0 aliphatic carbocycles. The van der Waals surface area contributed by atoms with Crippen LogP contribution >= 0.6 is 35.2 Å². The van der Waals surface area contributed by atoms with E-state index in [1.807, 2.05) is 0 Å². The number of unbranched alkanes of at least 4 members (excludes halogenated alkanes) is 9. The Morgan fingerprint density at radius 2 is 1.57 bits per heavy atom. The van der Waals surface area contributed by atoms with Crippen molar-refractivity contribution in [1.29, 1.82) is 0 Å². The molecule has 0 aromatic carbocycles. The Bertz CT molecular complexity index is 2080. The van der Waals surface area contributed by atoms with Crippen LogP contribution in [-0.4, -0.2) is 134 Å². The lowest BCUT2D eigenvalue weighted by Crippen LogP contribution is -2.46. The van der Waals surface area contributed by atoms with E-state index >= 15 is 0 Å². The summed E-state index contributed by atoms with van der Waals surface area (Å²) in [6.07, 6.45) is 9.95. The number of aliphatic hydroxyl groups is 3. The van der Waals surface area contributed by atoms with Gasteiger partial charge in [0, 0.05) is 37.1 Å². The second-order valence-electron chi connectivity index (χ2n) is 16.8. The standard InChI is InChI=1S/C39H68N7O18P3S/c1-4-5-6-7-8-9-10-11-12-13-14-15-16-17-27(47)22-30(49)68-21-20-41-29(48)18-19-42-37(52)34(51)39(2,3)24-61-67(58,59)64-66(56,57)60-23-28-33(63-65(53,54)55)32(50)38(62-28)46-26-45-31-35(40)43-25-44-36(31)46/h11-12,25-28,32-34,38,47,50-51H,4-10,13-24H2,1-3H3,(H,41,48)(H,42,52)(H,56,57)(H,58,59)(H2,40,43,44)(H2,53,54,55)/b12-11-/t27-,28+,32+,33+,34-,38+/m0/s1. The maximum Gasteiger partial charge on any atom is 0.481 e. The van der Waals surface area contributed by atoms with Crippen molar-refractivity contribution in [3.05, 3.63) is 24.8 Å². The number of allylic oxidation sites excluding steroid dienone is 2. The molecule has 29 heteroatoms. The van der Waals surface area contributed by atoms with Crippen molar-refractivity contribution in [2.45, 2.75) is 147 Å². The Balaban J connectivity index is 1.32. The Hall–Kier alpha value is -2.74. The second-order valence-corrected chi connectivity index (χ2v) is 22.2. The molecular weight excluding hydrogens is 979 g/mol. The number of fused-ring (bicyclic) bond motifs is 1. The number of nitrogens with one attached hydrogen (secondary N) is 2. The van der Waals surface area contributed by atoms with Gasteiger partial charge in [-0.2, -0.15) is 4.31 Å². The van der Waals surface area contributed by atoms with Gasteiger partial charge in [0.05, 0.1) is 25.6 Å². The largest absolute Gasteiger partial charge is 0.481 e. The third kappa shape index (κ3) is 21.7. The summed E-state index contributed by atoms with van der Waals surface area (Å²) in [6, 6.07) is 0. The zero-order chi connectivity index (χ0) is 50.5. The first-order chi connectivity index (χ1) is 31.9. The predicted molar refractivity (Wildman–Crippen MR) is 248 cm³/mol. The monoisotopic (exact) mass is 1050 g/mol. The van der Waals surface area contributed by atoms with Crippen LogP contribution in [0, 0.1) is 5.41 Å². The number of hydrogen-bond acceptors (Lipinski definition) is 19. The summed E-state index contributed by atoms with van der Waals surface area (Å²) in [5.41, 5.74) is 4.25. The average Bonchev–Trinajstić information content (AvgIpc) is 3.82. The summed E-state index contributed by atoms with van der Waals surface area (Å²) < 4.78 is 62.4. The van der Waals surface area contributed by atoms with Gasteiger partial charge >= 0.3 is 23.5 Å². The Morgan fingerprint density at radius 3 is 2.25 bits per heavy atom. The highest BCUT2D eigenvalue weighted by molar-refractivity contribution is 8.13. The fraction of sp³-hybridized carbons (Fsp3) is 0.744. The number of nitrogens with two attached hydrogens (primary N) is 1. The highest BCUT2D eigenvalue weighted by Crippen LogP contribution is 2.61. The molecule has 1 saturated heterocycles. The number of aliphatic hydroxyl groups excluding tert-OH is 3. The molecule has 8 atom stereocenters. The molecule has 1 aliphatic heterocycles. The third-order valence-corrected chi connectivity index (χ3v) is 14.5. The highest BCUT2D eigenvalue weighted by atomic mass is 32.2. The number of thioether (sulfide) groups is 1. The molecule has 0 saturated carbocycles. The van der Waals surface area contributed by atoms with Crippen LogP contribution in [0.1, 0.15) is 117 Å². The number of carbonyl (C=O) groups is 3. The van der Waals surface area contributed by atoms with Crippen molar-refractivity contribution < 1.29 is 85.6 Å². The second kappa shape index (κ2) is 28.9. The van der Waals surface area contributed by atoms with Crippen LogP contribution in [0.2, 0.25) is 0 Å². The van der Waals surface area contributed by atoms with Crippen molar-refractivity contribution in [2.24, 2.45) is 5.41 Å². The van der Waals surface area contributed by atoms with Crippen molar-refractivity contribution in [1.82, 2.24) is 30.2 Å². The molecule has 3 rings (SSSR count). The number of nitrogens with zero attached hydrogens (tertiary/aromatic N) is 4. The first kappa shape index (κ1) is 59.6. The minimum atomic E-state index is -5.59. The molecule has 68 heavy (non-hydrogen) atoms. The van der Waals surface area contributed by atoms with Gasteiger partial charge < -0.3 is 56.0 Å². The molecule has 2 aromatic rings.